The number of aryl methyl sites for hydroxylation is 2. The fourth-order valence-corrected chi connectivity index (χ4v) is 1.95. The van der Waals surface area contributed by atoms with Crippen molar-refractivity contribution in [2.75, 3.05) is 0 Å². The van der Waals surface area contributed by atoms with Gasteiger partial charge in [-0.3, -0.25) is 9.48 Å². The summed E-state index contributed by atoms with van der Waals surface area (Å²) in [6.45, 7) is 4.06. The molecule has 0 aliphatic carbocycles. The van der Waals surface area contributed by atoms with Crippen LogP contribution >= 0.6 is 0 Å². The van der Waals surface area contributed by atoms with E-state index in [0.717, 1.165) is 12.1 Å². The van der Waals surface area contributed by atoms with E-state index in [-0.39, 0.29) is 5.56 Å². The van der Waals surface area contributed by atoms with Gasteiger partial charge in [-0.1, -0.05) is 12.1 Å². The third kappa shape index (κ3) is 3.62. The Morgan fingerprint density at radius 2 is 2.05 bits per heavy atom. The summed E-state index contributed by atoms with van der Waals surface area (Å²) < 4.78 is 41.9. The summed E-state index contributed by atoms with van der Waals surface area (Å²) in [6.07, 6.45) is -4.79. The molecule has 2 aromatic rings. The van der Waals surface area contributed by atoms with Crippen LogP contribution in [0.1, 0.15) is 28.7 Å². The third-order valence-electron chi connectivity index (χ3n) is 2.76. The summed E-state index contributed by atoms with van der Waals surface area (Å²) in [5.41, 5.74) is 1.12. The van der Waals surface area contributed by atoms with Crippen LogP contribution in [0.25, 0.3) is 0 Å². The topological polar surface area (TPSA) is 44.1 Å². The summed E-state index contributed by atoms with van der Waals surface area (Å²) >= 11 is 0. The molecule has 1 heterocycles. The second-order valence-electron chi connectivity index (χ2n) is 4.39. The quantitative estimate of drug-likeness (QED) is 0.813. The van der Waals surface area contributed by atoms with Gasteiger partial charge in [0.05, 0.1) is 5.69 Å². The normalized spacial score (nSPS) is 11.5. The maximum Gasteiger partial charge on any atom is 0.573 e. The molecule has 21 heavy (non-hydrogen) atoms. The highest BCUT2D eigenvalue weighted by Crippen LogP contribution is 2.24. The molecule has 1 aromatic carbocycles. The highest BCUT2D eigenvalue weighted by atomic mass is 19.4. The molecule has 0 atom stereocenters. The van der Waals surface area contributed by atoms with Crippen LogP contribution in [-0.2, 0) is 6.54 Å². The van der Waals surface area contributed by atoms with E-state index in [0.29, 0.717) is 17.9 Å². The SMILES string of the molecule is CCn1nc(C)cc1C(=O)c1cccc(OC(F)(F)F)c1. The molecule has 1 aromatic heterocycles. The first-order chi connectivity index (χ1) is 9.80. The van der Waals surface area contributed by atoms with E-state index in [1.165, 1.54) is 16.8 Å². The van der Waals surface area contributed by atoms with Gasteiger partial charge in [0.1, 0.15) is 11.4 Å². The van der Waals surface area contributed by atoms with Gasteiger partial charge >= 0.3 is 6.36 Å². The first kappa shape index (κ1) is 15.1. The molecular formula is C14H13F3N2O2. The lowest BCUT2D eigenvalue weighted by Gasteiger charge is -2.10. The fraction of sp³-hybridized carbons (Fsp3) is 0.286. The van der Waals surface area contributed by atoms with Crippen LogP contribution < -0.4 is 4.74 Å². The van der Waals surface area contributed by atoms with Gasteiger partial charge in [-0.2, -0.15) is 5.10 Å². The second kappa shape index (κ2) is 5.59. The molecule has 0 aliphatic heterocycles. The molecule has 0 radical (unpaired) electrons. The van der Waals surface area contributed by atoms with E-state index in [1.807, 2.05) is 6.92 Å². The Kier molecular flexibility index (Phi) is 4.02. The highest BCUT2D eigenvalue weighted by molar-refractivity contribution is 6.08. The predicted octanol–water partition coefficient (Wildman–Crippen LogP) is 3.34. The van der Waals surface area contributed by atoms with Crippen molar-refractivity contribution in [3.63, 3.8) is 0 Å². The van der Waals surface area contributed by atoms with Crippen molar-refractivity contribution < 1.29 is 22.7 Å². The minimum atomic E-state index is -4.79. The van der Waals surface area contributed by atoms with Gasteiger partial charge in [-0.25, -0.2) is 0 Å². The molecule has 112 valence electrons. The van der Waals surface area contributed by atoms with Gasteiger partial charge in [0.15, 0.2) is 0 Å². The smallest absolute Gasteiger partial charge is 0.406 e. The van der Waals surface area contributed by atoms with Crippen LogP contribution in [0.4, 0.5) is 13.2 Å². The molecule has 0 aliphatic rings. The minimum absolute atomic E-state index is 0.117. The number of carbonyl (C=O) groups is 1. The van der Waals surface area contributed by atoms with E-state index in [1.54, 1.807) is 13.0 Å². The molecular weight excluding hydrogens is 285 g/mol. The molecule has 0 spiro atoms. The first-order valence-corrected chi connectivity index (χ1v) is 6.25. The van der Waals surface area contributed by atoms with Crippen molar-refractivity contribution in [1.29, 1.82) is 0 Å². The zero-order valence-corrected chi connectivity index (χ0v) is 11.4. The molecule has 0 amide bonds. The largest absolute Gasteiger partial charge is 0.573 e. The Hall–Kier alpha value is -2.31. The van der Waals surface area contributed by atoms with Gasteiger partial charge in [0.25, 0.3) is 0 Å². The average Bonchev–Trinajstić information content (AvgIpc) is 2.77. The third-order valence-corrected chi connectivity index (χ3v) is 2.76. The Balaban J connectivity index is 2.33. The molecule has 0 saturated heterocycles. The maximum absolute atomic E-state index is 12.4. The maximum atomic E-state index is 12.4. The van der Waals surface area contributed by atoms with Gasteiger partial charge in [0, 0.05) is 12.1 Å². The predicted molar refractivity (Wildman–Crippen MR) is 69.2 cm³/mol. The molecule has 0 fully saturated rings. The molecule has 0 bridgehead atoms. The summed E-state index contributed by atoms with van der Waals surface area (Å²) in [7, 11) is 0. The lowest BCUT2D eigenvalue weighted by molar-refractivity contribution is -0.274. The van der Waals surface area contributed by atoms with Crippen LogP contribution in [0, 0.1) is 6.92 Å². The molecule has 7 heteroatoms. The summed E-state index contributed by atoms with van der Waals surface area (Å²) in [6, 6.07) is 6.59. The number of ether oxygens (including phenoxy) is 1. The van der Waals surface area contributed by atoms with E-state index in [9.17, 15) is 18.0 Å². The highest BCUT2D eigenvalue weighted by Gasteiger charge is 2.31. The van der Waals surface area contributed by atoms with Crippen LogP contribution in [0.3, 0.4) is 0 Å². The molecule has 2 rings (SSSR count). The summed E-state index contributed by atoms with van der Waals surface area (Å²) in [5.74, 6) is -0.822. The second-order valence-corrected chi connectivity index (χ2v) is 4.39. The number of carbonyl (C=O) groups excluding carboxylic acids is 1. The Labute approximate surface area is 119 Å². The number of benzene rings is 1. The number of halogens is 3. The van der Waals surface area contributed by atoms with E-state index < -0.39 is 17.9 Å². The van der Waals surface area contributed by atoms with Gasteiger partial charge in [-0.05, 0) is 32.0 Å². The van der Waals surface area contributed by atoms with Crippen molar-refractivity contribution >= 4 is 5.78 Å². The molecule has 0 N–H and O–H groups in total. The van der Waals surface area contributed by atoms with E-state index in [4.69, 9.17) is 0 Å². The summed E-state index contributed by atoms with van der Waals surface area (Å²) in [4.78, 5) is 12.4. The van der Waals surface area contributed by atoms with Crippen molar-refractivity contribution in [2.45, 2.75) is 26.8 Å². The number of rotatable bonds is 4. The van der Waals surface area contributed by atoms with Crippen molar-refractivity contribution in [2.24, 2.45) is 0 Å². The Bertz CT molecular complexity index is 662. The van der Waals surface area contributed by atoms with Gasteiger partial charge in [-0.15, -0.1) is 13.2 Å². The van der Waals surface area contributed by atoms with Crippen LogP contribution in [0.5, 0.6) is 5.75 Å². The van der Waals surface area contributed by atoms with Gasteiger partial charge in [0.2, 0.25) is 5.78 Å². The van der Waals surface area contributed by atoms with Crippen molar-refractivity contribution in [3.8, 4) is 5.75 Å². The van der Waals surface area contributed by atoms with E-state index in [2.05, 4.69) is 9.84 Å². The summed E-state index contributed by atoms with van der Waals surface area (Å²) in [5, 5.41) is 4.14. The van der Waals surface area contributed by atoms with Gasteiger partial charge < -0.3 is 4.74 Å². The monoisotopic (exact) mass is 298 g/mol. The van der Waals surface area contributed by atoms with E-state index >= 15 is 0 Å². The number of ketones is 1. The lowest BCUT2D eigenvalue weighted by atomic mass is 10.1. The minimum Gasteiger partial charge on any atom is -0.406 e. The van der Waals surface area contributed by atoms with Crippen LogP contribution in [-0.4, -0.2) is 21.9 Å². The standard InChI is InChI=1S/C14H13F3N2O2/c1-3-19-12(7-9(2)18-19)13(20)10-5-4-6-11(8-10)21-14(15,16)17/h4-8H,3H2,1-2H3. The zero-order chi connectivity index (χ0) is 15.6. The molecule has 0 saturated carbocycles. The van der Waals surface area contributed by atoms with Crippen LogP contribution in [0.2, 0.25) is 0 Å². The number of hydrogen-bond donors (Lipinski definition) is 0. The Morgan fingerprint density at radius 1 is 1.33 bits per heavy atom. The van der Waals surface area contributed by atoms with Crippen LogP contribution in [0.15, 0.2) is 30.3 Å². The number of nitrogens with zero attached hydrogens (tertiary/aromatic N) is 2. The fourth-order valence-electron chi connectivity index (χ4n) is 1.95. The Morgan fingerprint density at radius 3 is 2.67 bits per heavy atom. The first-order valence-electron chi connectivity index (χ1n) is 6.25. The lowest BCUT2D eigenvalue weighted by Crippen LogP contribution is -2.17. The number of hydrogen-bond acceptors (Lipinski definition) is 3. The number of alkyl halides is 3. The van der Waals surface area contributed by atoms with Crippen molar-refractivity contribution in [3.05, 3.63) is 47.3 Å². The average molecular weight is 298 g/mol. The number of aromatic nitrogens is 2. The zero-order valence-electron chi connectivity index (χ0n) is 11.4. The van der Waals surface area contributed by atoms with Crippen molar-refractivity contribution in [1.82, 2.24) is 9.78 Å². The molecule has 0 unspecified atom stereocenters. The molecule has 4 nitrogen and oxygen atoms in total.